The molecular formula is C10H10N. The predicted molar refractivity (Wildman–Crippen MR) is 46.5 cm³/mol. The van der Waals surface area contributed by atoms with Gasteiger partial charge in [-0.25, -0.2) is 0 Å². The Kier molecular flexibility index (Phi) is 1.25. The van der Waals surface area contributed by atoms with Gasteiger partial charge in [0, 0.05) is 24.7 Å². The Morgan fingerprint density at radius 2 is 2.18 bits per heavy atom. The highest BCUT2D eigenvalue weighted by Crippen LogP contribution is 2.17. The van der Waals surface area contributed by atoms with E-state index >= 15 is 0 Å². The number of aryl methyl sites for hydroxylation is 2. The number of hydrogen-bond donors (Lipinski definition) is 0. The molecule has 1 heteroatoms. The van der Waals surface area contributed by atoms with Gasteiger partial charge in [0.05, 0.1) is 5.52 Å². The molecule has 2 rings (SSSR count). The van der Waals surface area contributed by atoms with Gasteiger partial charge < -0.3 is 4.57 Å². The molecule has 0 saturated carbocycles. The lowest BCUT2D eigenvalue weighted by atomic mass is 10.2. The van der Waals surface area contributed by atoms with Crippen molar-refractivity contribution in [2.24, 2.45) is 7.05 Å². The second-order valence-electron chi connectivity index (χ2n) is 2.86. The molecule has 0 saturated heterocycles. The van der Waals surface area contributed by atoms with Gasteiger partial charge in [-0.15, -0.1) is 0 Å². The molecule has 0 amide bonds. The molecule has 0 spiro atoms. The summed E-state index contributed by atoms with van der Waals surface area (Å²) in [6.45, 7) is 2.12. The van der Waals surface area contributed by atoms with Gasteiger partial charge in [0.2, 0.25) is 0 Å². The summed E-state index contributed by atoms with van der Waals surface area (Å²) in [7, 11) is 2.05. The number of para-hydroxylation sites is 1. The third kappa shape index (κ3) is 0.845. The van der Waals surface area contributed by atoms with Crippen LogP contribution in [0.4, 0.5) is 0 Å². The molecule has 0 unspecified atom stereocenters. The molecule has 11 heavy (non-hydrogen) atoms. The standard InChI is InChI=1S/C10H10N/c1-8-4-3-5-9-6-7-11(2)10(8)9/h3-5,7H,1-2H3. The van der Waals surface area contributed by atoms with Crippen molar-refractivity contribution < 1.29 is 0 Å². The summed E-state index contributed by atoms with van der Waals surface area (Å²) < 4.78 is 2.10. The van der Waals surface area contributed by atoms with Gasteiger partial charge in [0.1, 0.15) is 0 Å². The Hall–Kier alpha value is -1.24. The first kappa shape index (κ1) is 6.47. The molecule has 1 aromatic heterocycles. The van der Waals surface area contributed by atoms with Crippen LogP contribution in [0, 0.1) is 13.0 Å². The number of fused-ring (bicyclic) bond motifs is 1. The van der Waals surface area contributed by atoms with E-state index in [2.05, 4.69) is 35.8 Å². The van der Waals surface area contributed by atoms with Crippen LogP contribution in [0.1, 0.15) is 5.56 Å². The molecule has 1 heterocycles. The fourth-order valence-electron chi connectivity index (χ4n) is 1.47. The summed E-state index contributed by atoms with van der Waals surface area (Å²) >= 11 is 0. The summed E-state index contributed by atoms with van der Waals surface area (Å²) in [5.41, 5.74) is 2.60. The highest BCUT2D eigenvalue weighted by Gasteiger charge is 1.98. The highest BCUT2D eigenvalue weighted by atomic mass is 14.9. The summed E-state index contributed by atoms with van der Waals surface area (Å²) in [5, 5.41) is 1.20. The molecular weight excluding hydrogens is 134 g/mol. The van der Waals surface area contributed by atoms with Crippen LogP contribution in [0.2, 0.25) is 0 Å². The van der Waals surface area contributed by atoms with E-state index in [0.717, 1.165) is 0 Å². The van der Waals surface area contributed by atoms with Crippen LogP contribution in [0.25, 0.3) is 10.9 Å². The Bertz CT molecular complexity index is 385. The average molecular weight is 144 g/mol. The van der Waals surface area contributed by atoms with E-state index in [1.165, 1.54) is 16.5 Å². The van der Waals surface area contributed by atoms with Crippen LogP contribution in [-0.4, -0.2) is 4.57 Å². The molecule has 1 radical (unpaired) electrons. The van der Waals surface area contributed by atoms with Gasteiger partial charge in [-0.1, -0.05) is 18.2 Å². The van der Waals surface area contributed by atoms with E-state index in [1.54, 1.807) is 0 Å². The Balaban J connectivity index is 2.96. The zero-order valence-corrected chi connectivity index (χ0v) is 6.76. The number of benzene rings is 1. The van der Waals surface area contributed by atoms with E-state index in [0.29, 0.717) is 0 Å². The maximum Gasteiger partial charge on any atom is 0.0513 e. The minimum atomic E-state index is 1.20. The van der Waals surface area contributed by atoms with Crippen molar-refractivity contribution in [1.29, 1.82) is 0 Å². The normalized spacial score (nSPS) is 10.7. The predicted octanol–water partition coefficient (Wildman–Crippen LogP) is 2.29. The zero-order valence-electron chi connectivity index (χ0n) is 6.76. The summed E-state index contributed by atoms with van der Waals surface area (Å²) in [5.74, 6) is 0. The summed E-state index contributed by atoms with van der Waals surface area (Å²) in [4.78, 5) is 0. The van der Waals surface area contributed by atoms with Gasteiger partial charge in [0.15, 0.2) is 0 Å². The van der Waals surface area contributed by atoms with Gasteiger partial charge in [-0.2, -0.15) is 0 Å². The van der Waals surface area contributed by atoms with Crippen LogP contribution in [0.15, 0.2) is 24.4 Å². The van der Waals surface area contributed by atoms with Crippen molar-refractivity contribution in [3.8, 4) is 0 Å². The fourth-order valence-corrected chi connectivity index (χ4v) is 1.47. The van der Waals surface area contributed by atoms with E-state index in [4.69, 9.17) is 0 Å². The van der Waals surface area contributed by atoms with Crippen LogP contribution in [-0.2, 0) is 7.05 Å². The van der Waals surface area contributed by atoms with Crippen molar-refractivity contribution >= 4 is 10.9 Å². The van der Waals surface area contributed by atoms with Gasteiger partial charge in [0.25, 0.3) is 0 Å². The van der Waals surface area contributed by atoms with Crippen molar-refractivity contribution in [2.75, 3.05) is 0 Å². The number of nitrogens with zero attached hydrogens (tertiary/aromatic N) is 1. The van der Waals surface area contributed by atoms with Crippen molar-refractivity contribution in [3.05, 3.63) is 36.0 Å². The minimum absolute atomic E-state index is 1.20. The van der Waals surface area contributed by atoms with Crippen molar-refractivity contribution in [1.82, 2.24) is 4.57 Å². The third-order valence-electron chi connectivity index (χ3n) is 2.00. The fraction of sp³-hybridized carbons (Fsp3) is 0.200. The molecule has 0 aliphatic rings. The van der Waals surface area contributed by atoms with Crippen LogP contribution >= 0.6 is 0 Å². The summed E-state index contributed by atoms with van der Waals surface area (Å²) in [6.07, 6.45) is 1.97. The SMILES string of the molecule is Cc1cccc2[c]cn(C)c12. The largest absolute Gasteiger partial charge is 0.350 e. The molecule has 55 valence electrons. The van der Waals surface area contributed by atoms with Gasteiger partial charge >= 0.3 is 0 Å². The van der Waals surface area contributed by atoms with E-state index < -0.39 is 0 Å². The first-order valence-electron chi connectivity index (χ1n) is 3.71. The van der Waals surface area contributed by atoms with E-state index in [1.807, 2.05) is 13.2 Å². The maximum absolute atomic E-state index is 3.19. The Morgan fingerprint density at radius 1 is 1.36 bits per heavy atom. The molecule has 0 N–H and O–H groups in total. The smallest absolute Gasteiger partial charge is 0.0513 e. The molecule has 1 nitrogen and oxygen atoms in total. The Labute approximate surface area is 66.3 Å². The lowest BCUT2D eigenvalue weighted by Crippen LogP contribution is -1.86. The maximum atomic E-state index is 3.19. The first-order valence-corrected chi connectivity index (χ1v) is 3.71. The van der Waals surface area contributed by atoms with Crippen molar-refractivity contribution in [3.63, 3.8) is 0 Å². The quantitative estimate of drug-likeness (QED) is 0.534. The van der Waals surface area contributed by atoms with Gasteiger partial charge in [-0.05, 0) is 12.5 Å². The lowest BCUT2D eigenvalue weighted by Gasteiger charge is -1.98. The molecule has 1 aromatic carbocycles. The van der Waals surface area contributed by atoms with Crippen LogP contribution in [0.5, 0.6) is 0 Å². The van der Waals surface area contributed by atoms with E-state index in [9.17, 15) is 0 Å². The number of hydrogen-bond acceptors (Lipinski definition) is 0. The van der Waals surface area contributed by atoms with Crippen LogP contribution in [0.3, 0.4) is 0 Å². The Morgan fingerprint density at radius 3 is 2.91 bits per heavy atom. The first-order chi connectivity index (χ1) is 5.29. The molecule has 2 aromatic rings. The molecule has 0 fully saturated rings. The number of rotatable bonds is 0. The van der Waals surface area contributed by atoms with E-state index in [-0.39, 0.29) is 0 Å². The average Bonchev–Trinajstić information content (AvgIpc) is 2.34. The molecule has 0 atom stereocenters. The molecule has 0 aliphatic heterocycles. The highest BCUT2D eigenvalue weighted by molar-refractivity contribution is 5.82. The zero-order chi connectivity index (χ0) is 7.84. The molecule has 0 bridgehead atoms. The minimum Gasteiger partial charge on any atom is -0.350 e. The third-order valence-corrected chi connectivity index (χ3v) is 2.00. The number of aromatic nitrogens is 1. The molecule has 0 aliphatic carbocycles. The van der Waals surface area contributed by atoms with Gasteiger partial charge in [-0.3, -0.25) is 0 Å². The summed E-state index contributed by atoms with van der Waals surface area (Å²) in [6, 6.07) is 9.46. The second-order valence-corrected chi connectivity index (χ2v) is 2.86. The van der Waals surface area contributed by atoms with Crippen LogP contribution < -0.4 is 0 Å². The topological polar surface area (TPSA) is 4.93 Å². The lowest BCUT2D eigenvalue weighted by molar-refractivity contribution is 0.963. The van der Waals surface area contributed by atoms with Crippen molar-refractivity contribution in [2.45, 2.75) is 6.92 Å². The second kappa shape index (κ2) is 2.12. The monoisotopic (exact) mass is 144 g/mol.